The third-order valence-electron chi connectivity index (χ3n) is 4.60. The number of halogens is 3. The second-order valence-electron chi connectivity index (χ2n) is 7.40. The second-order valence-corrected chi connectivity index (χ2v) is 9.34. The highest BCUT2D eigenvalue weighted by molar-refractivity contribution is 7.92. The predicted molar refractivity (Wildman–Crippen MR) is 87.4 cm³/mol. The van der Waals surface area contributed by atoms with Crippen LogP contribution in [0.4, 0.5) is 13.2 Å². The van der Waals surface area contributed by atoms with Gasteiger partial charge in [0, 0.05) is 5.54 Å². The summed E-state index contributed by atoms with van der Waals surface area (Å²) < 4.78 is 61.1. The summed E-state index contributed by atoms with van der Waals surface area (Å²) in [5, 5.41) is 0. The number of piperidine rings is 1. The standard InChI is InChI=1S/C17H24F3NO2S/c1-16(2,3)21-9-7-13(8-10-21)11-14-5-4-6-15(12-14)24(22,23)17(18,19)20/h4-6,12-13H,7-11H2,1-3H3. The van der Waals surface area contributed by atoms with Gasteiger partial charge >= 0.3 is 5.51 Å². The Morgan fingerprint density at radius 1 is 1.12 bits per heavy atom. The minimum atomic E-state index is -5.28. The molecule has 1 aliphatic rings. The van der Waals surface area contributed by atoms with Crippen LogP contribution in [0.15, 0.2) is 29.2 Å². The summed E-state index contributed by atoms with van der Waals surface area (Å²) in [4.78, 5) is 1.73. The summed E-state index contributed by atoms with van der Waals surface area (Å²) in [5.74, 6) is 0.368. The van der Waals surface area contributed by atoms with Gasteiger partial charge in [-0.1, -0.05) is 12.1 Å². The Morgan fingerprint density at radius 2 is 1.71 bits per heavy atom. The monoisotopic (exact) mass is 363 g/mol. The minimum Gasteiger partial charge on any atom is -0.298 e. The molecule has 1 saturated heterocycles. The van der Waals surface area contributed by atoms with Gasteiger partial charge < -0.3 is 0 Å². The summed E-state index contributed by atoms with van der Waals surface area (Å²) in [6, 6.07) is 5.26. The molecule has 1 fully saturated rings. The first-order chi connectivity index (χ1) is 10.9. The minimum absolute atomic E-state index is 0.117. The molecule has 1 aromatic carbocycles. The van der Waals surface area contributed by atoms with Gasteiger partial charge in [0.1, 0.15) is 0 Å². The van der Waals surface area contributed by atoms with E-state index in [2.05, 4.69) is 25.7 Å². The Balaban J connectivity index is 2.07. The van der Waals surface area contributed by atoms with E-state index in [-0.39, 0.29) is 5.54 Å². The summed E-state index contributed by atoms with van der Waals surface area (Å²) >= 11 is 0. The van der Waals surface area contributed by atoms with Gasteiger partial charge in [0.2, 0.25) is 0 Å². The lowest BCUT2D eigenvalue weighted by Gasteiger charge is -2.41. The Kier molecular flexibility index (Phi) is 5.35. The normalized spacial score (nSPS) is 18.8. The zero-order valence-electron chi connectivity index (χ0n) is 14.2. The van der Waals surface area contributed by atoms with Gasteiger partial charge in [-0.15, -0.1) is 0 Å². The van der Waals surface area contributed by atoms with Gasteiger partial charge in [-0.25, -0.2) is 8.42 Å². The van der Waals surface area contributed by atoms with Gasteiger partial charge in [0.05, 0.1) is 4.90 Å². The van der Waals surface area contributed by atoms with Crippen LogP contribution >= 0.6 is 0 Å². The van der Waals surface area contributed by atoms with Crippen LogP contribution in [0, 0.1) is 5.92 Å². The molecule has 0 saturated carbocycles. The summed E-state index contributed by atoms with van der Waals surface area (Å²) in [6.07, 6.45) is 2.54. The predicted octanol–water partition coefficient (Wildman–Crippen LogP) is 4.03. The highest BCUT2D eigenvalue weighted by Gasteiger charge is 2.46. The Bertz CT molecular complexity index is 670. The largest absolute Gasteiger partial charge is 0.501 e. The molecular weight excluding hydrogens is 339 g/mol. The van der Waals surface area contributed by atoms with Crippen molar-refractivity contribution in [3.63, 3.8) is 0 Å². The third-order valence-corrected chi connectivity index (χ3v) is 6.09. The smallest absolute Gasteiger partial charge is 0.298 e. The number of hydrogen-bond donors (Lipinski definition) is 0. The van der Waals surface area contributed by atoms with E-state index in [1.54, 1.807) is 6.07 Å². The molecule has 3 nitrogen and oxygen atoms in total. The fourth-order valence-corrected chi connectivity index (χ4v) is 3.95. The molecule has 0 N–H and O–H groups in total. The van der Waals surface area contributed by atoms with Gasteiger partial charge in [-0.05, 0) is 76.7 Å². The van der Waals surface area contributed by atoms with Gasteiger partial charge in [-0.3, -0.25) is 4.90 Å². The number of hydrogen-bond acceptors (Lipinski definition) is 3. The van der Waals surface area contributed by atoms with Crippen molar-refractivity contribution >= 4 is 9.84 Å². The molecule has 0 aliphatic carbocycles. The maximum absolute atomic E-state index is 12.7. The van der Waals surface area contributed by atoms with Gasteiger partial charge in [0.25, 0.3) is 9.84 Å². The molecule has 0 aromatic heterocycles. The number of likely N-dealkylation sites (tertiary alicyclic amines) is 1. The van der Waals surface area contributed by atoms with Gasteiger partial charge in [-0.2, -0.15) is 13.2 Å². The van der Waals surface area contributed by atoms with Crippen LogP contribution in [0.25, 0.3) is 0 Å². The van der Waals surface area contributed by atoms with Crippen LogP contribution in [0.1, 0.15) is 39.2 Å². The average molecular weight is 363 g/mol. The third kappa shape index (κ3) is 4.30. The number of alkyl halides is 3. The molecule has 0 amide bonds. The molecule has 1 aromatic rings. The zero-order chi connectivity index (χ0) is 18.2. The fraction of sp³-hybridized carbons (Fsp3) is 0.647. The first-order valence-corrected chi connectivity index (χ1v) is 9.55. The van der Waals surface area contributed by atoms with Crippen molar-refractivity contribution in [2.45, 2.75) is 56.0 Å². The maximum atomic E-state index is 12.7. The van der Waals surface area contributed by atoms with Crippen molar-refractivity contribution in [3.05, 3.63) is 29.8 Å². The molecule has 0 bridgehead atoms. The Morgan fingerprint density at radius 3 is 2.21 bits per heavy atom. The van der Waals surface area contributed by atoms with Crippen molar-refractivity contribution in [2.24, 2.45) is 5.92 Å². The fourth-order valence-electron chi connectivity index (χ4n) is 3.11. The molecule has 24 heavy (non-hydrogen) atoms. The van der Waals surface area contributed by atoms with Gasteiger partial charge in [0.15, 0.2) is 0 Å². The molecule has 1 heterocycles. The topological polar surface area (TPSA) is 37.4 Å². The molecule has 0 unspecified atom stereocenters. The van der Waals surface area contributed by atoms with E-state index in [0.29, 0.717) is 17.9 Å². The van der Waals surface area contributed by atoms with E-state index < -0.39 is 20.2 Å². The molecule has 1 aliphatic heterocycles. The second kappa shape index (κ2) is 6.67. The molecule has 0 spiro atoms. The molecular formula is C17H24F3NO2S. The van der Waals surface area contributed by atoms with Crippen molar-refractivity contribution < 1.29 is 21.6 Å². The van der Waals surface area contributed by atoms with Crippen LogP contribution in [-0.4, -0.2) is 37.5 Å². The highest BCUT2D eigenvalue weighted by atomic mass is 32.2. The lowest BCUT2D eigenvalue weighted by atomic mass is 9.88. The van der Waals surface area contributed by atoms with Crippen molar-refractivity contribution in [1.82, 2.24) is 4.90 Å². The van der Waals surface area contributed by atoms with Crippen LogP contribution in [-0.2, 0) is 16.3 Å². The SMILES string of the molecule is CC(C)(C)N1CCC(Cc2cccc(S(=O)(=O)C(F)(F)F)c2)CC1. The quantitative estimate of drug-likeness (QED) is 0.814. The molecule has 2 rings (SSSR count). The van der Waals surface area contributed by atoms with Crippen LogP contribution < -0.4 is 0 Å². The highest BCUT2D eigenvalue weighted by Crippen LogP contribution is 2.32. The molecule has 136 valence electrons. The van der Waals surface area contributed by atoms with E-state index in [4.69, 9.17) is 0 Å². The van der Waals surface area contributed by atoms with E-state index in [1.165, 1.54) is 12.1 Å². The van der Waals surface area contributed by atoms with Crippen molar-refractivity contribution in [3.8, 4) is 0 Å². The Labute approximate surface area is 141 Å². The molecule has 0 radical (unpaired) electrons. The van der Waals surface area contributed by atoms with Crippen LogP contribution in [0.3, 0.4) is 0 Å². The first-order valence-electron chi connectivity index (χ1n) is 8.06. The van der Waals surface area contributed by atoms with E-state index in [9.17, 15) is 21.6 Å². The van der Waals surface area contributed by atoms with Crippen LogP contribution in [0.5, 0.6) is 0 Å². The summed E-state index contributed by atoms with van der Waals surface area (Å²) in [5.41, 5.74) is -4.50. The number of sulfone groups is 1. The number of rotatable bonds is 3. The van der Waals surface area contributed by atoms with Crippen molar-refractivity contribution in [1.29, 1.82) is 0 Å². The van der Waals surface area contributed by atoms with Crippen LogP contribution in [0.2, 0.25) is 0 Å². The molecule has 7 heteroatoms. The molecule has 0 atom stereocenters. The summed E-state index contributed by atoms with van der Waals surface area (Å²) in [7, 11) is -5.28. The maximum Gasteiger partial charge on any atom is 0.501 e. The lowest BCUT2D eigenvalue weighted by molar-refractivity contribution is -0.0436. The average Bonchev–Trinajstić information content (AvgIpc) is 2.46. The van der Waals surface area contributed by atoms with E-state index in [0.717, 1.165) is 32.0 Å². The number of nitrogens with zero attached hydrogens (tertiary/aromatic N) is 1. The van der Waals surface area contributed by atoms with E-state index in [1.807, 2.05) is 0 Å². The van der Waals surface area contributed by atoms with E-state index >= 15 is 0 Å². The Hall–Kier alpha value is -1.08. The zero-order valence-corrected chi connectivity index (χ0v) is 15.0. The lowest BCUT2D eigenvalue weighted by Crippen LogP contribution is -2.46. The first kappa shape index (κ1) is 19.2. The number of benzene rings is 1. The summed E-state index contributed by atoms with van der Waals surface area (Å²) in [6.45, 7) is 8.40. The van der Waals surface area contributed by atoms with Crippen molar-refractivity contribution in [2.75, 3.05) is 13.1 Å².